The van der Waals surface area contributed by atoms with Crippen LogP contribution < -0.4 is 0 Å². The normalized spacial score (nSPS) is 12.1. The third-order valence-corrected chi connectivity index (χ3v) is 2.07. The molecule has 0 rings (SSSR count). The van der Waals surface area contributed by atoms with Gasteiger partial charge in [-0.3, -0.25) is 0 Å². The molecule has 78 valence electrons. The number of unbranched alkanes of at least 4 members (excludes halogenated alkanes) is 3. The van der Waals surface area contributed by atoms with Gasteiger partial charge in [0.1, 0.15) is 6.29 Å². The Bertz CT molecular complexity index is 225. The average Bonchev–Trinajstić information content (AvgIpc) is 2.21. The van der Waals surface area contributed by atoms with Crippen LogP contribution in [-0.2, 0) is 9.32 Å². The first-order valence-corrected chi connectivity index (χ1v) is 5.22. The second-order valence-corrected chi connectivity index (χ2v) is 3.21. The Kier molecular flexibility index (Phi) is 9.96. The predicted molar refractivity (Wildman–Crippen MR) is 61.7 cm³/mol. The fraction of sp³-hybridized carbons (Fsp3) is 0.545. The molecule has 2 atom stereocenters. The summed E-state index contributed by atoms with van der Waals surface area (Å²) >= 11 is 0. The monoisotopic (exact) mass is 212 g/mol. The van der Waals surface area contributed by atoms with Crippen molar-refractivity contribution < 1.29 is 9.32 Å². The number of carbonyl (C=O) groups excluding carboxylic acids is 1. The van der Waals surface area contributed by atoms with Crippen LogP contribution in [0.2, 0.25) is 0 Å². The summed E-state index contributed by atoms with van der Waals surface area (Å²) in [4.78, 5) is 9.98. The highest BCUT2D eigenvalue weighted by Crippen LogP contribution is 1.98. The van der Waals surface area contributed by atoms with Gasteiger partial charge in [-0.2, -0.15) is 0 Å². The zero-order valence-corrected chi connectivity index (χ0v) is 9.69. The lowest BCUT2D eigenvalue weighted by atomic mass is 10.2. The van der Waals surface area contributed by atoms with Crippen LogP contribution in [0.5, 0.6) is 0 Å². The first-order valence-electron chi connectivity index (χ1n) is 4.75. The van der Waals surface area contributed by atoms with E-state index in [-0.39, 0.29) is 6.10 Å². The summed E-state index contributed by atoms with van der Waals surface area (Å²) in [7, 11) is 2.21. The van der Waals surface area contributed by atoms with Gasteiger partial charge in [-0.15, -0.1) is 0 Å². The summed E-state index contributed by atoms with van der Waals surface area (Å²) in [5.41, 5.74) is 0. The van der Waals surface area contributed by atoms with Crippen molar-refractivity contribution in [3.63, 3.8) is 0 Å². The second kappa shape index (κ2) is 10.4. The summed E-state index contributed by atoms with van der Waals surface area (Å²) in [6.07, 6.45) is 8.17. The zero-order valence-electron chi connectivity index (χ0n) is 8.53. The molecule has 0 aromatic rings. The maximum Gasteiger partial charge on any atom is 0.119 e. The molecule has 3 heteroatoms. The van der Waals surface area contributed by atoms with Crippen LogP contribution in [0.25, 0.3) is 0 Å². The van der Waals surface area contributed by atoms with Gasteiger partial charge in [0, 0.05) is 22.3 Å². The largest absolute Gasteiger partial charge is 0.359 e. The van der Waals surface area contributed by atoms with Gasteiger partial charge in [0.05, 0.1) is 6.10 Å². The van der Waals surface area contributed by atoms with E-state index in [1.54, 1.807) is 6.08 Å². The molecule has 0 N–H and O–H groups in total. The van der Waals surface area contributed by atoms with E-state index in [4.69, 9.17) is 4.52 Å². The van der Waals surface area contributed by atoms with Crippen molar-refractivity contribution in [1.29, 1.82) is 0 Å². The van der Waals surface area contributed by atoms with E-state index in [0.29, 0.717) is 6.42 Å². The molecule has 0 aromatic heterocycles. The summed E-state index contributed by atoms with van der Waals surface area (Å²) in [5.74, 6) is 5.93. The Labute approximate surface area is 88.4 Å². The molecule has 0 spiro atoms. The van der Waals surface area contributed by atoms with Crippen molar-refractivity contribution in [1.82, 2.24) is 0 Å². The lowest BCUT2D eigenvalue weighted by Gasteiger charge is -1.98. The van der Waals surface area contributed by atoms with Crippen LogP contribution in [0.3, 0.4) is 0 Å². The molecule has 0 saturated carbocycles. The van der Waals surface area contributed by atoms with Crippen LogP contribution >= 0.6 is 9.47 Å². The molecular weight excluding hydrogens is 195 g/mol. The highest BCUT2D eigenvalue weighted by Gasteiger charge is 1.87. The minimum absolute atomic E-state index is 0.0874. The van der Waals surface area contributed by atoms with Gasteiger partial charge in [-0.25, -0.2) is 0 Å². The molecule has 0 aliphatic rings. The molecule has 0 heterocycles. The van der Waals surface area contributed by atoms with E-state index in [1.165, 1.54) is 0 Å². The number of aldehydes is 1. The van der Waals surface area contributed by atoms with Gasteiger partial charge in [0.2, 0.25) is 0 Å². The third kappa shape index (κ3) is 9.45. The maximum atomic E-state index is 9.98. The van der Waals surface area contributed by atoms with Gasteiger partial charge < -0.3 is 9.32 Å². The highest BCUT2D eigenvalue weighted by molar-refractivity contribution is 7.09. The second-order valence-electron chi connectivity index (χ2n) is 2.93. The van der Waals surface area contributed by atoms with E-state index < -0.39 is 0 Å². The molecule has 0 fully saturated rings. The fourth-order valence-electron chi connectivity index (χ4n) is 0.801. The molecule has 0 radical (unpaired) electrons. The lowest BCUT2D eigenvalue weighted by molar-refractivity contribution is -0.107. The summed E-state index contributed by atoms with van der Waals surface area (Å²) < 4.78 is 4.93. The van der Waals surface area contributed by atoms with E-state index in [1.807, 2.05) is 13.0 Å². The fourth-order valence-corrected chi connectivity index (χ4v) is 0.892. The quantitative estimate of drug-likeness (QED) is 0.292. The summed E-state index contributed by atoms with van der Waals surface area (Å²) in [6, 6.07) is 0. The average molecular weight is 212 g/mol. The van der Waals surface area contributed by atoms with Crippen molar-refractivity contribution in [2.75, 3.05) is 0 Å². The van der Waals surface area contributed by atoms with Gasteiger partial charge in [0.15, 0.2) is 0 Å². The van der Waals surface area contributed by atoms with E-state index in [9.17, 15) is 4.79 Å². The van der Waals surface area contributed by atoms with Crippen LogP contribution in [0.1, 0.15) is 32.6 Å². The number of carbonyl (C=O) groups is 1. The summed E-state index contributed by atoms with van der Waals surface area (Å²) in [6.45, 7) is 1.94. The van der Waals surface area contributed by atoms with Crippen molar-refractivity contribution in [2.45, 2.75) is 38.7 Å². The Balaban J connectivity index is 3.43. The van der Waals surface area contributed by atoms with Crippen molar-refractivity contribution in [2.24, 2.45) is 0 Å². The number of allylic oxidation sites excluding steroid dienone is 1. The predicted octanol–water partition coefficient (Wildman–Crippen LogP) is 2.50. The smallest absolute Gasteiger partial charge is 0.119 e. The molecular formula is C11H17O2P. The zero-order chi connectivity index (χ0) is 10.6. The van der Waals surface area contributed by atoms with Crippen LogP contribution in [-0.4, -0.2) is 12.4 Å². The van der Waals surface area contributed by atoms with Crippen LogP contribution in [0, 0.1) is 11.8 Å². The van der Waals surface area contributed by atoms with Crippen molar-refractivity contribution >= 4 is 15.8 Å². The molecule has 2 unspecified atom stereocenters. The van der Waals surface area contributed by atoms with E-state index in [0.717, 1.165) is 25.5 Å². The Morgan fingerprint density at radius 1 is 1.50 bits per heavy atom. The highest BCUT2D eigenvalue weighted by atomic mass is 31.0. The maximum absolute atomic E-state index is 9.98. The summed E-state index contributed by atoms with van der Waals surface area (Å²) in [5, 5.41) is 0. The van der Waals surface area contributed by atoms with Gasteiger partial charge in [-0.1, -0.05) is 11.8 Å². The molecule has 0 aromatic carbocycles. The lowest BCUT2D eigenvalue weighted by Crippen LogP contribution is -1.93. The van der Waals surface area contributed by atoms with E-state index >= 15 is 0 Å². The molecule has 0 amide bonds. The minimum atomic E-state index is 0.0874. The standard InChI is InChI=1S/C11H17O2P/c1-11(13-14)9-7-5-3-2-4-6-8-10-12/h7,9-11H,2,4,6,8,14H2,1H3/b9-7+. The SMILES string of the molecule is CC(/C=C/C#CCCCCC=O)OP. The minimum Gasteiger partial charge on any atom is -0.359 e. The molecule has 0 bridgehead atoms. The topological polar surface area (TPSA) is 26.3 Å². The number of rotatable bonds is 6. The Hall–Kier alpha value is -0.640. The van der Waals surface area contributed by atoms with Crippen molar-refractivity contribution in [3.8, 4) is 11.8 Å². The van der Waals surface area contributed by atoms with Gasteiger partial charge in [0.25, 0.3) is 0 Å². The first kappa shape index (κ1) is 13.4. The number of hydrogen-bond donors (Lipinski definition) is 0. The molecule has 0 saturated heterocycles. The Morgan fingerprint density at radius 3 is 2.93 bits per heavy atom. The molecule has 2 nitrogen and oxygen atoms in total. The molecule has 0 aliphatic heterocycles. The molecule has 14 heavy (non-hydrogen) atoms. The van der Waals surface area contributed by atoms with Crippen molar-refractivity contribution in [3.05, 3.63) is 12.2 Å². The van der Waals surface area contributed by atoms with Crippen LogP contribution in [0.4, 0.5) is 0 Å². The van der Waals surface area contributed by atoms with Gasteiger partial charge >= 0.3 is 0 Å². The molecule has 0 aliphatic carbocycles. The van der Waals surface area contributed by atoms with E-state index in [2.05, 4.69) is 21.3 Å². The van der Waals surface area contributed by atoms with Crippen LogP contribution in [0.15, 0.2) is 12.2 Å². The number of hydrogen-bond acceptors (Lipinski definition) is 2. The Morgan fingerprint density at radius 2 is 2.29 bits per heavy atom. The third-order valence-electron chi connectivity index (χ3n) is 1.64. The van der Waals surface area contributed by atoms with Gasteiger partial charge in [-0.05, 0) is 31.9 Å². The first-order chi connectivity index (χ1) is 6.81.